The van der Waals surface area contributed by atoms with Gasteiger partial charge in [-0.15, -0.1) is 0 Å². The van der Waals surface area contributed by atoms with E-state index >= 15 is 0 Å². The van der Waals surface area contributed by atoms with E-state index in [0.717, 1.165) is 15.9 Å². The minimum absolute atomic E-state index is 0.304. The van der Waals surface area contributed by atoms with Crippen LogP contribution in [0.15, 0.2) is 39.6 Å². The van der Waals surface area contributed by atoms with Crippen LogP contribution in [-0.4, -0.2) is 23.3 Å². The number of pyridine rings is 1. The molecule has 0 N–H and O–H groups in total. The molecule has 17 heavy (non-hydrogen) atoms. The van der Waals surface area contributed by atoms with Crippen LogP contribution in [-0.2, 0) is 9.53 Å². The summed E-state index contributed by atoms with van der Waals surface area (Å²) in [5.41, 5.74) is 2.13. The average Bonchev–Trinajstić information content (AvgIpc) is 2.78. The zero-order chi connectivity index (χ0) is 12.3. The molecule has 1 aliphatic heterocycles. The SMILES string of the molecule is CCOC(=O)C1=CN=C(c2cc(Br)ccn2)C1. The number of ether oxygens (including phenoxy) is 1. The molecule has 5 heteroatoms. The van der Waals surface area contributed by atoms with Crippen molar-refractivity contribution in [2.75, 3.05) is 6.61 Å². The molecule has 4 nitrogen and oxygen atoms in total. The van der Waals surface area contributed by atoms with E-state index in [4.69, 9.17) is 4.74 Å². The summed E-state index contributed by atoms with van der Waals surface area (Å²) in [4.78, 5) is 19.9. The lowest BCUT2D eigenvalue weighted by Gasteiger charge is -2.03. The van der Waals surface area contributed by atoms with E-state index in [1.807, 2.05) is 12.1 Å². The highest BCUT2D eigenvalue weighted by atomic mass is 79.9. The largest absolute Gasteiger partial charge is 0.463 e. The van der Waals surface area contributed by atoms with Gasteiger partial charge in [0.1, 0.15) is 0 Å². The summed E-state index contributed by atoms with van der Waals surface area (Å²) in [6.07, 6.45) is 3.72. The van der Waals surface area contributed by atoms with Crippen molar-refractivity contribution in [1.82, 2.24) is 4.98 Å². The van der Waals surface area contributed by atoms with E-state index < -0.39 is 0 Å². The fraction of sp³-hybridized carbons (Fsp3) is 0.250. The summed E-state index contributed by atoms with van der Waals surface area (Å²) in [5, 5.41) is 0. The standard InChI is InChI=1S/C12H11BrN2O2/c1-2-17-12(16)8-5-10(15-7-8)11-6-9(13)3-4-14-11/h3-4,6-7H,2,5H2,1H3. The molecule has 0 unspecified atom stereocenters. The van der Waals surface area contributed by atoms with Gasteiger partial charge in [-0.2, -0.15) is 0 Å². The fourth-order valence-corrected chi connectivity index (χ4v) is 1.83. The Balaban J connectivity index is 2.08. The lowest BCUT2D eigenvalue weighted by molar-refractivity contribution is -0.138. The number of carbonyl (C=O) groups excluding carboxylic acids is 1. The molecule has 0 aliphatic carbocycles. The number of hydrogen-bond acceptors (Lipinski definition) is 4. The topological polar surface area (TPSA) is 51.5 Å². The maximum Gasteiger partial charge on any atom is 0.335 e. The van der Waals surface area contributed by atoms with Gasteiger partial charge in [-0.1, -0.05) is 15.9 Å². The third-order valence-electron chi connectivity index (χ3n) is 2.29. The highest BCUT2D eigenvalue weighted by Crippen LogP contribution is 2.19. The van der Waals surface area contributed by atoms with Crippen LogP contribution in [0.1, 0.15) is 19.0 Å². The van der Waals surface area contributed by atoms with Crippen LogP contribution >= 0.6 is 15.9 Å². The highest BCUT2D eigenvalue weighted by molar-refractivity contribution is 9.10. The number of aromatic nitrogens is 1. The van der Waals surface area contributed by atoms with Crippen LogP contribution in [0.3, 0.4) is 0 Å². The minimum atomic E-state index is -0.304. The molecule has 0 saturated heterocycles. The van der Waals surface area contributed by atoms with Crippen LogP contribution in [0.25, 0.3) is 0 Å². The molecule has 0 fully saturated rings. The first kappa shape index (κ1) is 12.0. The van der Waals surface area contributed by atoms with Gasteiger partial charge in [0.25, 0.3) is 0 Å². The smallest absolute Gasteiger partial charge is 0.335 e. The molecule has 0 atom stereocenters. The van der Waals surface area contributed by atoms with E-state index in [2.05, 4.69) is 25.9 Å². The number of nitrogens with zero attached hydrogens (tertiary/aromatic N) is 2. The first-order chi connectivity index (χ1) is 8.20. The van der Waals surface area contributed by atoms with Crippen molar-refractivity contribution in [3.8, 4) is 0 Å². The van der Waals surface area contributed by atoms with E-state index in [1.54, 1.807) is 19.3 Å². The zero-order valence-corrected chi connectivity index (χ0v) is 10.9. The van der Waals surface area contributed by atoms with E-state index in [-0.39, 0.29) is 5.97 Å². The average molecular weight is 295 g/mol. The number of hydrogen-bond donors (Lipinski definition) is 0. The normalized spacial score (nSPS) is 14.2. The fourth-order valence-electron chi connectivity index (χ4n) is 1.50. The van der Waals surface area contributed by atoms with Crippen LogP contribution in [0.2, 0.25) is 0 Å². The number of carbonyl (C=O) groups is 1. The van der Waals surface area contributed by atoms with Gasteiger partial charge >= 0.3 is 5.97 Å². The zero-order valence-electron chi connectivity index (χ0n) is 9.31. The molecule has 1 aliphatic rings. The van der Waals surface area contributed by atoms with Gasteiger partial charge in [0.05, 0.1) is 23.6 Å². The monoisotopic (exact) mass is 294 g/mol. The lowest BCUT2D eigenvalue weighted by atomic mass is 10.1. The van der Waals surface area contributed by atoms with Gasteiger partial charge in [0.2, 0.25) is 0 Å². The summed E-state index contributed by atoms with van der Waals surface area (Å²) in [6.45, 7) is 2.16. The summed E-state index contributed by atoms with van der Waals surface area (Å²) in [6, 6.07) is 3.72. The Hall–Kier alpha value is -1.49. The molecule has 0 aromatic carbocycles. The molecular formula is C12H11BrN2O2. The van der Waals surface area contributed by atoms with Crippen LogP contribution < -0.4 is 0 Å². The van der Waals surface area contributed by atoms with Crippen molar-refractivity contribution in [2.45, 2.75) is 13.3 Å². The van der Waals surface area contributed by atoms with Crippen molar-refractivity contribution in [2.24, 2.45) is 4.99 Å². The summed E-state index contributed by atoms with van der Waals surface area (Å²) < 4.78 is 5.86. The predicted molar refractivity (Wildman–Crippen MR) is 67.8 cm³/mol. The molecule has 0 bridgehead atoms. The lowest BCUT2D eigenvalue weighted by Crippen LogP contribution is -2.09. The van der Waals surface area contributed by atoms with E-state index in [1.165, 1.54) is 0 Å². The third kappa shape index (κ3) is 2.79. The highest BCUT2D eigenvalue weighted by Gasteiger charge is 2.19. The molecule has 1 aromatic rings. The second kappa shape index (κ2) is 5.23. The maximum absolute atomic E-state index is 11.5. The van der Waals surface area contributed by atoms with E-state index in [0.29, 0.717) is 18.6 Å². The molecular weight excluding hydrogens is 284 g/mol. The van der Waals surface area contributed by atoms with Crippen molar-refractivity contribution in [3.63, 3.8) is 0 Å². The van der Waals surface area contributed by atoms with Gasteiger partial charge in [-0.25, -0.2) is 4.79 Å². The second-order valence-electron chi connectivity index (χ2n) is 3.49. The van der Waals surface area contributed by atoms with Crippen molar-refractivity contribution >= 4 is 27.6 Å². The number of aliphatic imine (C=N–C) groups is 1. The van der Waals surface area contributed by atoms with Crippen LogP contribution in [0.5, 0.6) is 0 Å². The van der Waals surface area contributed by atoms with Crippen LogP contribution in [0.4, 0.5) is 0 Å². The Morgan fingerprint density at radius 1 is 1.59 bits per heavy atom. The Labute approximate surface area is 108 Å². The molecule has 0 radical (unpaired) electrons. The van der Waals surface area contributed by atoms with Gasteiger partial charge in [-0.05, 0) is 19.1 Å². The van der Waals surface area contributed by atoms with Gasteiger partial charge < -0.3 is 4.74 Å². The summed E-state index contributed by atoms with van der Waals surface area (Å²) in [5.74, 6) is -0.304. The third-order valence-corrected chi connectivity index (χ3v) is 2.78. The van der Waals surface area contributed by atoms with Crippen LogP contribution in [0, 0.1) is 0 Å². The predicted octanol–water partition coefficient (Wildman–Crippen LogP) is 2.48. The van der Waals surface area contributed by atoms with Gasteiger partial charge in [-0.3, -0.25) is 9.98 Å². The number of rotatable bonds is 3. The summed E-state index contributed by atoms with van der Waals surface area (Å²) in [7, 11) is 0. The Morgan fingerprint density at radius 2 is 2.41 bits per heavy atom. The van der Waals surface area contributed by atoms with Crippen molar-refractivity contribution in [3.05, 3.63) is 40.3 Å². The Bertz CT molecular complexity index is 509. The van der Waals surface area contributed by atoms with Crippen molar-refractivity contribution < 1.29 is 9.53 Å². The molecule has 1 aromatic heterocycles. The Morgan fingerprint density at radius 3 is 3.12 bits per heavy atom. The van der Waals surface area contributed by atoms with Crippen molar-refractivity contribution in [1.29, 1.82) is 0 Å². The maximum atomic E-state index is 11.5. The van der Waals surface area contributed by atoms with Gasteiger partial charge in [0, 0.05) is 23.3 Å². The van der Waals surface area contributed by atoms with Gasteiger partial charge in [0.15, 0.2) is 0 Å². The molecule has 0 amide bonds. The number of esters is 1. The molecule has 0 saturated carbocycles. The molecule has 0 spiro atoms. The number of halogens is 1. The summed E-state index contributed by atoms with van der Waals surface area (Å²) >= 11 is 3.37. The first-order valence-corrected chi connectivity index (χ1v) is 6.04. The quantitative estimate of drug-likeness (QED) is 0.805. The molecule has 2 rings (SSSR count). The van der Waals surface area contributed by atoms with E-state index in [9.17, 15) is 4.79 Å². The molecule has 2 heterocycles. The Kier molecular flexibility index (Phi) is 3.68. The molecule has 88 valence electrons. The second-order valence-corrected chi connectivity index (χ2v) is 4.40. The first-order valence-electron chi connectivity index (χ1n) is 5.25. The minimum Gasteiger partial charge on any atom is -0.463 e.